The Hall–Kier alpha value is -2.40. The van der Waals surface area contributed by atoms with Crippen LogP contribution < -0.4 is 4.72 Å². The number of aromatic nitrogens is 1. The van der Waals surface area contributed by atoms with Gasteiger partial charge >= 0.3 is 0 Å². The predicted octanol–water partition coefficient (Wildman–Crippen LogP) is 3.34. The highest BCUT2D eigenvalue weighted by molar-refractivity contribution is 7.93. The van der Waals surface area contributed by atoms with E-state index in [-0.39, 0.29) is 4.90 Å². The molecule has 2 aromatic carbocycles. The minimum atomic E-state index is -3.65. The van der Waals surface area contributed by atoms with Crippen LogP contribution in [-0.4, -0.2) is 13.4 Å². The average molecular weight is 298 g/mol. The first-order valence-corrected chi connectivity index (χ1v) is 7.97. The van der Waals surface area contributed by atoms with Crippen molar-refractivity contribution >= 4 is 26.5 Å². The smallest absolute Gasteiger partial charge is 0.262 e. The normalized spacial score (nSPS) is 11.5. The molecule has 3 rings (SSSR count). The summed E-state index contributed by atoms with van der Waals surface area (Å²) in [5.41, 5.74) is 1.46. The van der Waals surface area contributed by atoms with Crippen molar-refractivity contribution < 1.29 is 8.42 Å². The van der Waals surface area contributed by atoms with Gasteiger partial charge in [-0.3, -0.25) is 9.71 Å². The Morgan fingerprint density at radius 1 is 1.00 bits per heavy atom. The van der Waals surface area contributed by atoms with Gasteiger partial charge in [0.1, 0.15) is 0 Å². The van der Waals surface area contributed by atoms with Crippen LogP contribution in [0.5, 0.6) is 0 Å². The minimum Gasteiger partial charge on any atom is -0.279 e. The van der Waals surface area contributed by atoms with Gasteiger partial charge in [-0.25, -0.2) is 8.42 Å². The molecule has 0 bridgehead atoms. The fourth-order valence-electron chi connectivity index (χ4n) is 2.21. The maximum absolute atomic E-state index is 12.6. The molecule has 0 aliphatic carbocycles. The van der Waals surface area contributed by atoms with Crippen molar-refractivity contribution in [2.45, 2.75) is 11.8 Å². The molecule has 0 radical (unpaired) electrons. The van der Waals surface area contributed by atoms with E-state index in [4.69, 9.17) is 0 Å². The summed E-state index contributed by atoms with van der Waals surface area (Å²) in [6.45, 7) is 1.86. The molecule has 3 aromatic rings. The molecular formula is C16H14N2O2S. The topological polar surface area (TPSA) is 59.1 Å². The lowest BCUT2D eigenvalue weighted by Crippen LogP contribution is -2.14. The van der Waals surface area contributed by atoms with Gasteiger partial charge in [0.2, 0.25) is 0 Å². The first kappa shape index (κ1) is 13.6. The number of benzene rings is 2. The van der Waals surface area contributed by atoms with E-state index >= 15 is 0 Å². The number of sulfonamides is 1. The third-order valence-corrected chi connectivity index (χ3v) is 4.75. The molecule has 0 amide bonds. The molecule has 21 heavy (non-hydrogen) atoms. The number of hydrogen-bond donors (Lipinski definition) is 1. The van der Waals surface area contributed by atoms with Crippen LogP contribution in [0.15, 0.2) is 65.8 Å². The molecule has 0 aliphatic rings. The maximum atomic E-state index is 12.6. The summed E-state index contributed by atoms with van der Waals surface area (Å²) in [6, 6.07) is 14.3. The number of fused-ring (bicyclic) bond motifs is 1. The summed E-state index contributed by atoms with van der Waals surface area (Å²) in [5, 5.41) is 1.46. The van der Waals surface area contributed by atoms with E-state index in [0.717, 1.165) is 10.9 Å². The maximum Gasteiger partial charge on any atom is 0.262 e. The van der Waals surface area contributed by atoms with Crippen molar-refractivity contribution in [3.8, 4) is 0 Å². The number of para-hydroxylation sites is 1. The summed E-state index contributed by atoms with van der Waals surface area (Å²) in [5.74, 6) is 0. The van der Waals surface area contributed by atoms with Gasteiger partial charge in [0.05, 0.1) is 10.6 Å². The first-order chi connectivity index (χ1) is 10.1. The summed E-state index contributed by atoms with van der Waals surface area (Å²) >= 11 is 0. The zero-order chi connectivity index (χ0) is 14.9. The molecule has 0 saturated carbocycles. The van der Waals surface area contributed by atoms with Crippen LogP contribution >= 0.6 is 0 Å². The van der Waals surface area contributed by atoms with Gasteiger partial charge in [0, 0.05) is 17.8 Å². The van der Waals surface area contributed by atoms with Crippen molar-refractivity contribution in [1.82, 2.24) is 4.98 Å². The average Bonchev–Trinajstić information content (AvgIpc) is 2.49. The summed E-state index contributed by atoms with van der Waals surface area (Å²) in [6.07, 6.45) is 3.22. The van der Waals surface area contributed by atoms with E-state index in [1.807, 2.05) is 25.1 Å². The predicted molar refractivity (Wildman–Crippen MR) is 83.7 cm³/mol. The van der Waals surface area contributed by atoms with Crippen LogP contribution in [0.2, 0.25) is 0 Å². The van der Waals surface area contributed by atoms with Crippen LogP contribution in [-0.2, 0) is 10.0 Å². The highest BCUT2D eigenvalue weighted by Gasteiger charge is 2.18. The lowest BCUT2D eigenvalue weighted by atomic mass is 10.2. The van der Waals surface area contributed by atoms with Gasteiger partial charge < -0.3 is 0 Å². The standard InChI is InChI=1S/C16H14N2O2S/c1-12-5-2-3-7-15(12)18-21(19,20)16-8-4-6-13-9-10-17-11-14(13)16/h2-11,18H,1H3. The van der Waals surface area contributed by atoms with Crippen molar-refractivity contribution in [1.29, 1.82) is 0 Å². The number of hydrogen-bond acceptors (Lipinski definition) is 3. The minimum absolute atomic E-state index is 0.233. The number of nitrogens with one attached hydrogen (secondary N) is 1. The number of pyridine rings is 1. The third kappa shape index (κ3) is 2.60. The second-order valence-electron chi connectivity index (χ2n) is 4.77. The number of anilines is 1. The van der Waals surface area contributed by atoms with Gasteiger partial charge in [-0.2, -0.15) is 0 Å². The molecule has 1 heterocycles. The lowest BCUT2D eigenvalue weighted by molar-refractivity contribution is 0.602. The zero-order valence-electron chi connectivity index (χ0n) is 11.4. The molecule has 0 unspecified atom stereocenters. The summed E-state index contributed by atoms with van der Waals surface area (Å²) < 4.78 is 27.9. The van der Waals surface area contributed by atoms with E-state index in [0.29, 0.717) is 11.1 Å². The van der Waals surface area contributed by atoms with Crippen molar-refractivity contribution in [3.05, 3.63) is 66.5 Å². The molecule has 5 heteroatoms. The van der Waals surface area contributed by atoms with Gasteiger partial charge in [-0.1, -0.05) is 30.3 Å². The van der Waals surface area contributed by atoms with Crippen LogP contribution in [0.1, 0.15) is 5.56 Å². The molecule has 1 N–H and O–H groups in total. The van der Waals surface area contributed by atoms with E-state index in [1.165, 1.54) is 0 Å². The van der Waals surface area contributed by atoms with Crippen LogP contribution in [0.25, 0.3) is 10.8 Å². The Morgan fingerprint density at radius 2 is 1.81 bits per heavy atom. The van der Waals surface area contributed by atoms with Crippen molar-refractivity contribution in [2.75, 3.05) is 4.72 Å². The van der Waals surface area contributed by atoms with Crippen molar-refractivity contribution in [2.24, 2.45) is 0 Å². The summed E-state index contributed by atoms with van der Waals surface area (Å²) in [4.78, 5) is 4.25. The third-order valence-electron chi connectivity index (χ3n) is 3.32. The van der Waals surface area contributed by atoms with E-state index in [1.54, 1.807) is 42.7 Å². The van der Waals surface area contributed by atoms with E-state index in [9.17, 15) is 8.42 Å². The Kier molecular flexibility index (Phi) is 3.35. The molecule has 0 aliphatic heterocycles. The first-order valence-electron chi connectivity index (χ1n) is 6.49. The quantitative estimate of drug-likeness (QED) is 0.806. The van der Waals surface area contributed by atoms with E-state index < -0.39 is 10.0 Å². The Labute approximate surface area is 123 Å². The highest BCUT2D eigenvalue weighted by atomic mass is 32.2. The number of aryl methyl sites for hydroxylation is 1. The fourth-order valence-corrected chi connectivity index (χ4v) is 3.55. The Balaban J connectivity index is 2.11. The van der Waals surface area contributed by atoms with Crippen LogP contribution in [0.3, 0.4) is 0 Å². The van der Waals surface area contributed by atoms with Gasteiger partial charge in [-0.05, 0) is 36.1 Å². The molecule has 4 nitrogen and oxygen atoms in total. The monoisotopic (exact) mass is 298 g/mol. The molecule has 0 spiro atoms. The lowest BCUT2D eigenvalue weighted by Gasteiger charge is -2.12. The number of nitrogens with zero attached hydrogens (tertiary/aromatic N) is 1. The van der Waals surface area contributed by atoms with Gasteiger partial charge in [0.15, 0.2) is 0 Å². The second-order valence-corrected chi connectivity index (χ2v) is 6.42. The van der Waals surface area contributed by atoms with Crippen LogP contribution in [0, 0.1) is 6.92 Å². The van der Waals surface area contributed by atoms with Gasteiger partial charge in [0.25, 0.3) is 10.0 Å². The Bertz CT molecular complexity index is 900. The Morgan fingerprint density at radius 3 is 2.62 bits per heavy atom. The van der Waals surface area contributed by atoms with E-state index in [2.05, 4.69) is 9.71 Å². The molecule has 106 valence electrons. The van der Waals surface area contributed by atoms with Crippen molar-refractivity contribution in [3.63, 3.8) is 0 Å². The number of rotatable bonds is 3. The molecule has 1 aromatic heterocycles. The molecular weight excluding hydrogens is 284 g/mol. The largest absolute Gasteiger partial charge is 0.279 e. The molecule has 0 fully saturated rings. The zero-order valence-corrected chi connectivity index (χ0v) is 12.3. The van der Waals surface area contributed by atoms with Crippen LogP contribution in [0.4, 0.5) is 5.69 Å². The highest BCUT2D eigenvalue weighted by Crippen LogP contribution is 2.25. The molecule has 0 atom stereocenters. The fraction of sp³-hybridized carbons (Fsp3) is 0.0625. The molecule has 0 saturated heterocycles. The SMILES string of the molecule is Cc1ccccc1NS(=O)(=O)c1cccc2ccncc12. The second kappa shape index (κ2) is 5.18. The summed E-state index contributed by atoms with van der Waals surface area (Å²) in [7, 11) is -3.65. The van der Waals surface area contributed by atoms with Gasteiger partial charge in [-0.15, -0.1) is 0 Å².